The van der Waals surface area contributed by atoms with E-state index in [1.165, 1.54) is 32.2 Å². The first-order chi connectivity index (χ1) is 5.83. The first kappa shape index (κ1) is 9.61. The Morgan fingerprint density at radius 2 is 2.33 bits per heavy atom. The van der Waals surface area contributed by atoms with Gasteiger partial charge in [-0.2, -0.15) is 0 Å². The summed E-state index contributed by atoms with van der Waals surface area (Å²) in [5.41, 5.74) is 0.373. The van der Waals surface area contributed by atoms with Gasteiger partial charge in [0.1, 0.15) is 0 Å². The van der Waals surface area contributed by atoms with Gasteiger partial charge in [-0.15, -0.1) is 11.8 Å². The highest BCUT2D eigenvalue weighted by Crippen LogP contribution is 2.27. The third-order valence-corrected chi connectivity index (χ3v) is 2.66. The van der Waals surface area contributed by atoms with Crippen LogP contribution >= 0.6 is 0 Å². The predicted octanol–water partition coefficient (Wildman–Crippen LogP) is 2.32. The predicted molar refractivity (Wildman–Crippen MR) is 52.9 cm³/mol. The fourth-order valence-corrected chi connectivity index (χ4v) is 2.06. The van der Waals surface area contributed by atoms with Crippen LogP contribution in [0.3, 0.4) is 0 Å². The van der Waals surface area contributed by atoms with Crippen molar-refractivity contribution < 1.29 is 0 Å². The molecule has 68 valence electrons. The quantitative estimate of drug-likeness (QED) is 0.633. The summed E-state index contributed by atoms with van der Waals surface area (Å²) in [6.07, 6.45) is 6.22. The zero-order chi connectivity index (χ0) is 8.86. The Balaban J connectivity index is 2.50. The maximum Gasteiger partial charge on any atom is 0.0291 e. The summed E-state index contributed by atoms with van der Waals surface area (Å²) in [7, 11) is 0. The van der Waals surface area contributed by atoms with E-state index in [-0.39, 0.29) is 0 Å². The number of hydrogen-bond donors (Lipinski definition) is 1. The Bertz CT molecular complexity index is 179. The summed E-state index contributed by atoms with van der Waals surface area (Å²) in [6, 6.07) is 0. The average molecular weight is 165 g/mol. The number of rotatable bonds is 3. The Kier molecular flexibility index (Phi) is 3.62. The van der Waals surface area contributed by atoms with Crippen molar-refractivity contribution in [1.29, 1.82) is 0 Å². The van der Waals surface area contributed by atoms with Crippen molar-refractivity contribution in [2.45, 2.75) is 51.5 Å². The minimum absolute atomic E-state index is 0.373. The molecule has 1 aliphatic heterocycles. The van der Waals surface area contributed by atoms with Crippen molar-refractivity contribution in [2.24, 2.45) is 0 Å². The summed E-state index contributed by atoms with van der Waals surface area (Å²) < 4.78 is 0. The fourth-order valence-electron chi connectivity index (χ4n) is 2.06. The zero-order valence-corrected chi connectivity index (χ0v) is 8.24. The second-order valence-corrected chi connectivity index (χ2v) is 3.66. The Morgan fingerprint density at radius 3 is 2.83 bits per heavy atom. The largest absolute Gasteiger partial charge is 0.310 e. The highest BCUT2D eigenvalue weighted by molar-refractivity contribution is 5.06. The fraction of sp³-hybridized carbons (Fsp3) is 0.818. The van der Waals surface area contributed by atoms with Crippen LogP contribution in [0.4, 0.5) is 0 Å². The molecule has 1 saturated heterocycles. The van der Waals surface area contributed by atoms with Crippen LogP contribution in [0.5, 0.6) is 0 Å². The van der Waals surface area contributed by atoms with E-state index in [1.54, 1.807) is 0 Å². The van der Waals surface area contributed by atoms with Gasteiger partial charge in [-0.3, -0.25) is 0 Å². The van der Waals surface area contributed by atoms with Gasteiger partial charge in [-0.1, -0.05) is 13.3 Å². The summed E-state index contributed by atoms with van der Waals surface area (Å²) >= 11 is 0. The van der Waals surface area contributed by atoms with Crippen LogP contribution in [-0.2, 0) is 0 Å². The van der Waals surface area contributed by atoms with E-state index in [0.717, 1.165) is 6.42 Å². The van der Waals surface area contributed by atoms with Crippen LogP contribution < -0.4 is 5.32 Å². The lowest BCUT2D eigenvalue weighted by molar-refractivity contribution is 0.352. The summed E-state index contributed by atoms with van der Waals surface area (Å²) in [5.74, 6) is 6.19. The van der Waals surface area contributed by atoms with E-state index >= 15 is 0 Å². The van der Waals surface area contributed by atoms with Gasteiger partial charge in [0.05, 0.1) is 0 Å². The third-order valence-electron chi connectivity index (χ3n) is 2.66. The molecule has 1 unspecified atom stereocenters. The number of hydrogen-bond acceptors (Lipinski definition) is 1. The molecule has 1 atom stereocenters. The highest BCUT2D eigenvalue weighted by Gasteiger charge is 2.31. The van der Waals surface area contributed by atoms with Crippen LogP contribution in [0.1, 0.15) is 46.0 Å². The molecule has 1 rings (SSSR count). The third kappa shape index (κ3) is 2.25. The van der Waals surface area contributed by atoms with Crippen LogP contribution in [0, 0.1) is 11.8 Å². The van der Waals surface area contributed by atoms with Gasteiger partial charge < -0.3 is 5.32 Å². The molecule has 0 spiro atoms. The van der Waals surface area contributed by atoms with Crippen LogP contribution in [-0.4, -0.2) is 12.1 Å². The molecule has 0 aromatic heterocycles. The van der Waals surface area contributed by atoms with Crippen molar-refractivity contribution in [1.82, 2.24) is 5.32 Å². The van der Waals surface area contributed by atoms with Gasteiger partial charge in [0.25, 0.3) is 0 Å². The van der Waals surface area contributed by atoms with Gasteiger partial charge in [0.2, 0.25) is 0 Å². The average Bonchev–Trinajstić information content (AvgIpc) is 2.51. The Labute approximate surface area is 75.9 Å². The topological polar surface area (TPSA) is 12.0 Å². The highest BCUT2D eigenvalue weighted by atomic mass is 15.0. The summed E-state index contributed by atoms with van der Waals surface area (Å²) in [6.45, 7) is 5.36. The first-order valence-electron chi connectivity index (χ1n) is 4.97. The van der Waals surface area contributed by atoms with Gasteiger partial charge in [-0.25, -0.2) is 0 Å². The monoisotopic (exact) mass is 165 g/mol. The normalized spacial score (nSPS) is 28.2. The zero-order valence-electron chi connectivity index (χ0n) is 8.24. The lowest BCUT2D eigenvalue weighted by Crippen LogP contribution is -2.39. The summed E-state index contributed by atoms with van der Waals surface area (Å²) in [5, 5.41) is 3.60. The van der Waals surface area contributed by atoms with E-state index in [9.17, 15) is 0 Å². The minimum atomic E-state index is 0.373. The van der Waals surface area contributed by atoms with Crippen molar-refractivity contribution in [2.75, 3.05) is 6.54 Å². The molecule has 12 heavy (non-hydrogen) atoms. The molecule has 0 radical (unpaired) electrons. The molecule has 1 heterocycles. The van der Waals surface area contributed by atoms with Gasteiger partial charge in [-0.05, 0) is 32.7 Å². The molecule has 0 aliphatic carbocycles. The van der Waals surface area contributed by atoms with Crippen molar-refractivity contribution >= 4 is 0 Å². The van der Waals surface area contributed by atoms with Crippen LogP contribution in [0.25, 0.3) is 0 Å². The van der Waals surface area contributed by atoms with E-state index in [1.807, 2.05) is 6.92 Å². The van der Waals surface area contributed by atoms with Gasteiger partial charge in [0.15, 0.2) is 0 Å². The maximum atomic E-state index is 3.60. The molecule has 1 nitrogen and oxygen atoms in total. The van der Waals surface area contributed by atoms with Crippen molar-refractivity contribution in [3.63, 3.8) is 0 Å². The van der Waals surface area contributed by atoms with Gasteiger partial charge >= 0.3 is 0 Å². The smallest absolute Gasteiger partial charge is 0.0291 e. The standard InChI is InChI=1S/C11H19N/c1-3-5-8-11(7-4-2)9-6-10-12-11/h12H,4,6-10H2,1-2H3. The molecule has 1 aliphatic rings. The lowest BCUT2D eigenvalue weighted by Gasteiger charge is -2.26. The van der Waals surface area contributed by atoms with E-state index in [2.05, 4.69) is 24.1 Å². The second-order valence-electron chi connectivity index (χ2n) is 3.66. The van der Waals surface area contributed by atoms with E-state index in [0.29, 0.717) is 5.54 Å². The van der Waals surface area contributed by atoms with Crippen LogP contribution in [0.15, 0.2) is 0 Å². The molecule has 1 fully saturated rings. The lowest BCUT2D eigenvalue weighted by atomic mass is 9.89. The Hall–Kier alpha value is -0.480. The summed E-state index contributed by atoms with van der Waals surface area (Å²) in [4.78, 5) is 0. The molecule has 0 saturated carbocycles. The molecule has 0 aromatic carbocycles. The first-order valence-corrected chi connectivity index (χ1v) is 4.97. The molecule has 1 N–H and O–H groups in total. The molecule has 0 bridgehead atoms. The number of nitrogens with one attached hydrogen (secondary N) is 1. The van der Waals surface area contributed by atoms with Crippen molar-refractivity contribution in [3.8, 4) is 11.8 Å². The maximum absolute atomic E-state index is 3.60. The van der Waals surface area contributed by atoms with Crippen LogP contribution in [0.2, 0.25) is 0 Å². The van der Waals surface area contributed by atoms with Gasteiger partial charge in [0, 0.05) is 12.0 Å². The van der Waals surface area contributed by atoms with Crippen molar-refractivity contribution in [3.05, 3.63) is 0 Å². The second kappa shape index (κ2) is 4.52. The molecule has 0 aromatic rings. The Morgan fingerprint density at radius 1 is 1.50 bits per heavy atom. The van der Waals surface area contributed by atoms with E-state index in [4.69, 9.17) is 0 Å². The molecular weight excluding hydrogens is 146 g/mol. The SMILES string of the molecule is CC#CCC1(CCC)CCCN1. The molecule has 1 heteroatoms. The van der Waals surface area contributed by atoms with E-state index < -0.39 is 0 Å². The molecule has 0 amide bonds. The molecular formula is C11H19N. The minimum Gasteiger partial charge on any atom is -0.310 e.